The Hall–Kier alpha value is -2.25. The summed E-state index contributed by atoms with van der Waals surface area (Å²) in [5, 5.41) is 9.16. The molecule has 0 radical (unpaired) electrons. The molecule has 0 amide bonds. The minimum absolute atomic E-state index is 0.301. The summed E-state index contributed by atoms with van der Waals surface area (Å²) in [5.74, 6) is 0.978. The molecule has 0 saturated carbocycles. The summed E-state index contributed by atoms with van der Waals surface area (Å²) in [6, 6.07) is 12.6. The van der Waals surface area contributed by atoms with Crippen LogP contribution in [0, 0.1) is 25.2 Å². The highest BCUT2D eigenvalue weighted by Crippen LogP contribution is 2.22. The first kappa shape index (κ1) is 16.6. The van der Waals surface area contributed by atoms with Crippen LogP contribution in [0.4, 0.5) is 0 Å². The van der Waals surface area contributed by atoms with Crippen LogP contribution in [0.5, 0.6) is 5.75 Å². The molecule has 0 atom stereocenters. The SMILES string of the molecule is Cc1cccc(OC2CCN(Cc3cc(C#N)n(C)c3C)CC2)c1. The Morgan fingerprint density at radius 2 is 1.96 bits per heavy atom. The fourth-order valence-corrected chi connectivity index (χ4v) is 3.34. The molecular weight excluding hydrogens is 298 g/mol. The average molecular weight is 323 g/mol. The Morgan fingerprint density at radius 3 is 2.58 bits per heavy atom. The number of rotatable bonds is 4. The Bertz CT molecular complexity index is 749. The largest absolute Gasteiger partial charge is 0.490 e. The minimum atomic E-state index is 0.301. The van der Waals surface area contributed by atoms with Crippen molar-refractivity contribution in [2.75, 3.05) is 13.1 Å². The van der Waals surface area contributed by atoms with Gasteiger partial charge in [-0.05, 0) is 56.0 Å². The minimum Gasteiger partial charge on any atom is -0.490 e. The van der Waals surface area contributed by atoms with Crippen LogP contribution in [-0.4, -0.2) is 28.7 Å². The van der Waals surface area contributed by atoms with Crippen LogP contribution in [0.1, 0.15) is 35.4 Å². The maximum Gasteiger partial charge on any atom is 0.120 e. The Morgan fingerprint density at radius 1 is 1.21 bits per heavy atom. The van der Waals surface area contributed by atoms with Crippen LogP contribution in [0.15, 0.2) is 30.3 Å². The molecule has 1 aliphatic rings. The van der Waals surface area contributed by atoms with Gasteiger partial charge in [0.1, 0.15) is 23.6 Å². The van der Waals surface area contributed by atoms with Gasteiger partial charge in [-0.3, -0.25) is 4.90 Å². The molecule has 0 bridgehead atoms. The zero-order chi connectivity index (χ0) is 17.1. The van der Waals surface area contributed by atoms with Crippen molar-refractivity contribution in [3.63, 3.8) is 0 Å². The molecule has 4 heteroatoms. The highest BCUT2D eigenvalue weighted by Gasteiger charge is 2.22. The van der Waals surface area contributed by atoms with Crippen molar-refractivity contribution < 1.29 is 4.74 Å². The summed E-state index contributed by atoms with van der Waals surface area (Å²) >= 11 is 0. The fourth-order valence-electron chi connectivity index (χ4n) is 3.34. The van der Waals surface area contributed by atoms with Gasteiger partial charge in [-0.2, -0.15) is 5.26 Å². The number of likely N-dealkylation sites (tertiary alicyclic amines) is 1. The maximum absolute atomic E-state index is 9.16. The van der Waals surface area contributed by atoms with E-state index in [-0.39, 0.29) is 0 Å². The third-order valence-corrected chi connectivity index (χ3v) is 4.98. The molecular formula is C20H25N3O. The highest BCUT2D eigenvalue weighted by molar-refractivity contribution is 5.34. The third kappa shape index (κ3) is 3.63. The topological polar surface area (TPSA) is 41.2 Å². The van der Waals surface area contributed by atoms with Gasteiger partial charge in [0, 0.05) is 32.4 Å². The number of aromatic nitrogens is 1. The van der Waals surface area contributed by atoms with Crippen molar-refractivity contribution >= 4 is 0 Å². The third-order valence-electron chi connectivity index (χ3n) is 4.98. The molecule has 1 aromatic carbocycles. The molecule has 126 valence electrons. The zero-order valence-corrected chi connectivity index (χ0v) is 14.7. The van der Waals surface area contributed by atoms with E-state index in [0.717, 1.165) is 43.9 Å². The van der Waals surface area contributed by atoms with Gasteiger partial charge < -0.3 is 9.30 Å². The average Bonchev–Trinajstić information content (AvgIpc) is 2.84. The molecule has 0 spiro atoms. The van der Waals surface area contributed by atoms with Crippen molar-refractivity contribution in [1.29, 1.82) is 5.26 Å². The summed E-state index contributed by atoms with van der Waals surface area (Å²) < 4.78 is 8.10. The number of hydrogen-bond acceptors (Lipinski definition) is 3. The fraction of sp³-hybridized carbons (Fsp3) is 0.450. The van der Waals surface area contributed by atoms with Gasteiger partial charge in [0.25, 0.3) is 0 Å². The number of hydrogen-bond donors (Lipinski definition) is 0. The van der Waals surface area contributed by atoms with Crippen LogP contribution in [0.3, 0.4) is 0 Å². The van der Waals surface area contributed by atoms with Crippen LogP contribution < -0.4 is 4.74 Å². The summed E-state index contributed by atoms with van der Waals surface area (Å²) in [6.45, 7) is 7.16. The van der Waals surface area contributed by atoms with Gasteiger partial charge >= 0.3 is 0 Å². The predicted octanol–water partition coefficient (Wildman–Crippen LogP) is 3.56. The van der Waals surface area contributed by atoms with Crippen LogP contribution >= 0.6 is 0 Å². The zero-order valence-electron chi connectivity index (χ0n) is 14.7. The molecule has 1 saturated heterocycles. The number of nitriles is 1. The van der Waals surface area contributed by atoms with E-state index in [1.54, 1.807) is 0 Å². The molecule has 0 unspecified atom stereocenters. The van der Waals surface area contributed by atoms with Crippen LogP contribution in [0.2, 0.25) is 0 Å². The van der Waals surface area contributed by atoms with Crippen molar-refractivity contribution in [1.82, 2.24) is 9.47 Å². The summed E-state index contributed by atoms with van der Waals surface area (Å²) in [5.41, 5.74) is 4.41. The van der Waals surface area contributed by atoms with E-state index >= 15 is 0 Å². The normalized spacial score (nSPS) is 16.1. The molecule has 0 aliphatic carbocycles. The Kier molecular flexibility index (Phi) is 4.92. The van der Waals surface area contributed by atoms with Crippen molar-refractivity contribution in [2.45, 2.75) is 39.3 Å². The number of benzene rings is 1. The van der Waals surface area contributed by atoms with Crippen LogP contribution in [0.25, 0.3) is 0 Å². The Labute approximate surface area is 144 Å². The summed E-state index contributed by atoms with van der Waals surface area (Å²) in [7, 11) is 1.96. The smallest absolute Gasteiger partial charge is 0.120 e. The Balaban J connectivity index is 1.55. The molecule has 1 aromatic heterocycles. The molecule has 0 N–H and O–H groups in total. The number of nitrogens with zero attached hydrogens (tertiary/aromatic N) is 3. The second kappa shape index (κ2) is 7.11. The molecule has 2 heterocycles. The monoisotopic (exact) mass is 323 g/mol. The van der Waals surface area contributed by atoms with E-state index in [1.807, 2.05) is 29.8 Å². The molecule has 3 rings (SSSR count). The lowest BCUT2D eigenvalue weighted by molar-refractivity contribution is 0.0966. The first-order valence-electron chi connectivity index (χ1n) is 8.58. The van der Waals surface area contributed by atoms with E-state index in [2.05, 4.69) is 36.9 Å². The summed E-state index contributed by atoms with van der Waals surface area (Å²) in [6.07, 6.45) is 2.39. The van der Waals surface area contributed by atoms with E-state index in [4.69, 9.17) is 10.00 Å². The number of ether oxygens (including phenoxy) is 1. The lowest BCUT2D eigenvalue weighted by Crippen LogP contribution is -2.37. The van der Waals surface area contributed by atoms with Crippen molar-refractivity contribution in [2.24, 2.45) is 7.05 Å². The molecule has 2 aromatic rings. The maximum atomic E-state index is 9.16. The predicted molar refractivity (Wildman–Crippen MR) is 95.0 cm³/mol. The van der Waals surface area contributed by atoms with Gasteiger partial charge in [0.05, 0.1) is 0 Å². The van der Waals surface area contributed by atoms with Crippen molar-refractivity contribution in [3.05, 3.63) is 52.8 Å². The van der Waals surface area contributed by atoms with Crippen LogP contribution in [-0.2, 0) is 13.6 Å². The van der Waals surface area contributed by atoms with Gasteiger partial charge in [0.15, 0.2) is 0 Å². The molecule has 1 aliphatic heterocycles. The first-order chi connectivity index (χ1) is 11.6. The highest BCUT2D eigenvalue weighted by atomic mass is 16.5. The molecule has 1 fully saturated rings. The van der Waals surface area contributed by atoms with E-state index in [0.29, 0.717) is 6.10 Å². The molecule has 24 heavy (non-hydrogen) atoms. The summed E-state index contributed by atoms with van der Waals surface area (Å²) in [4.78, 5) is 2.46. The lowest BCUT2D eigenvalue weighted by atomic mass is 10.1. The van der Waals surface area contributed by atoms with Crippen molar-refractivity contribution in [3.8, 4) is 11.8 Å². The van der Waals surface area contributed by atoms with Gasteiger partial charge in [0.2, 0.25) is 0 Å². The first-order valence-corrected chi connectivity index (χ1v) is 8.58. The quantitative estimate of drug-likeness (QED) is 0.864. The second-order valence-electron chi connectivity index (χ2n) is 6.72. The lowest BCUT2D eigenvalue weighted by Gasteiger charge is -2.32. The van der Waals surface area contributed by atoms with Gasteiger partial charge in [-0.15, -0.1) is 0 Å². The van der Waals surface area contributed by atoms with Gasteiger partial charge in [-0.1, -0.05) is 12.1 Å². The molecule has 4 nitrogen and oxygen atoms in total. The number of piperidine rings is 1. The number of aryl methyl sites for hydroxylation is 1. The second-order valence-corrected chi connectivity index (χ2v) is 6.72. The van der Waals surface area contributed by atoms with E-state index in [9.17, 15) is 0 Å². The van der Waals surface area contributed by atoms with E-state index < -0.39 is 0 Å². The van der Waals surface area contributed by atoms with E-state index in [1.165, 1.54) is 16.8 Å². The van der Waals surface area contributed by atoms with Gasteiger partial charge in [-0.25, -0.2) is 0 Å². The standard InChI is InChI=1S/C20H25N3O/c1-15-5-4-6-20(11-15)24-19-7-9-23(10-8-19)14-17-12-18(13-21)22(3)16(17)2/h4-6,11-12,19H,7-10,14H2,1-3H3.